The largest absolute Gasteiger partial charge is 0.470 e. The molecule has 2 aromatic heterocycles. The van der Waals surface area contributed by atoms with Crippen molar-refractivity contribution in [3.8, 4) is 5.88 Å². The second kappa shape index (κ2) is 8.74. The van der Waals surface area contributed by atoms with E-state index >= 15 is 0 Å². The molecule has 1 N–H and O–H groups in total. The predicted molar refractivity (Wildman–Crippen MR) is 111 cm³/mol. The van der Waals surface area contributed by atoms with Gasteiger partial charge in [-0.3, -0.25) is 9.59 Å². The summed E-state index contributed by atoms with van der Waals surface area (Å²) in [6.07, 6.45) is 2.92. The van der Waals surface area contributed by atoms with E-state index in [1.165, 1.54) is 12.4 Å². The van der Waals surface area contributed by atoms with Crippen molar-refractivity contribution < 1.29 is 23.1 Å². The minimum absolute atomic E-state index is 0.0734. The van der Waals surface area contributed by atoms with Crippen molar-refractivity contribution in [3.63, 3.8) is 0 Å². The lowest BCUT2D eigenvalue weighted by molar-refractivity contribution is -0.118. The summed E-state index contributed by atoms with van der Waals surface area (Å²) < 4.78 is 31.0. The minimum atomic E-state index is -3.01. The Morgan fingerprint density at radius 3 is 2.68 bits per heavy atom. The Balaban J connectivity index is 1.80. The third kappa shape index (κ3) is 5.10. The van der Waals surface area contributed by atoms with Gasteiger partial charge in [-0.2, -0.15) is 0 Å². The minimum Gasteiger partial charge on any atom is -0.470 e. The van der Waals surface area contributed by atoms with E-state index in [-0.39, 0.29) is 35.2 Å². The van der Waals surface area contributed by atoms with Crippen molar-refractivity contribution in [2.24, 2.45) is 5.92 Å². The first-order valence-electron chi connectivity index (χ1n) is 9.73. The van der Waals surface area contributed by atoms with Crippen molar-refractivity contribution in [1.29, 1.82) is 0 Å². The van der Waals surface area contributed by atoms with Crippen molar-refractivity contribution >= 4 is 29.2 Å². The number of hydrogen-bond donors (Lipinski definition) is 1. The topological polar surface area (TPSA) is 84.4 Å². The number of fused-ring (bicyclic) bond motifs is 1. The molecule has 0 spiro atoms. The molecule has 166 valence electrons. The van der Waals surface area contributed by atoms with Gasteiger partial charge in [0, 0.05) is 36.4 Å². The van der Waals surface area contributed by atoms with Gasteiger partial charge in [-0.1, -0.05) is 25.4 Å². The summed E-state index contributed by atoms with van der Waals surface area (Å²) >= 11 is 6.15. The summed E-state index contributed by atoms with van der Waals surface area (Å²) in [5, 5.41) is 2.84. The third-order valence-electron chi connectivity index (χ3n) is 4.88. The number of rotatable bonds is 7. The maximum atomic E-state index is 13.0. The molecule has 0 bridgehead atoms. The van der Waals surface area contributed by atoms with Crippen LogP contribution in [-0.2, 0) is 11.3 Å². The summed E-state index contributed by atoms with van der Waals surface area (Å²) in [5.74, 6) is -3.39. The number of nitrogens with zero attached hydrogens (tertiary/aromatic N) is 3. The summed E-state index contributed by atoms with van der Waals surface area (Å²) in [6, 6.07) is 2.74. The molecule has 0 saturated carbocycles. The molecule has 1 aliphatic heterocycles. The zero-order chi connectivity index (χ0) is 22.9. The molecular formula is C21H23ClF2N4O3. The van der Waals surface area contributed by atoms with Gasteiger partial charge in [0.05, 0.1) is 12.6 Å². The molecule has 10 heteroatoms. The first kappa shape index (κ1) is 22.9. The van der Waals surface area contributed by atoms with Crippen LogP contribution in [0.1, 0.15) is 55.2 Å². The Labute approximate surface area is 183 Å². The second-order valence-electron chi connectivity index (χ2n) is 7.85. The van der Waals surface area contributed by atoms with Crippen molar-refractivity contribution in [3.05, 3.63) is 46.2 Å². The number of alkyl halides is 2. The summed E-state index contributed by atoms with van der Waals surface area (Å²) in [4.78, 5) is 34.9. The van der Waals surface area contributed by atoms with Crippen molar-refractivity contribution in [1.82, 2.24) is 14.9 Å². The SMILES string of the molecule is CC(C)C(=O)Nc1nccc2c1CN(C(C)c1cnc(OCC(C)(F)F)c(Cl)c1)C2=O. The molecule has 2 amide bonds. The van der Waals surface area contributed by atoms with Gasteiger partial charge in [-0.25, -0.2) is 18.7 Å². The third-order valence-corrected chi connectivity index (χ3v) is 5.15. The molecule has 1 aliphatic rings. The Bertz CT molecular complexity index is 1010. The summed E-state index contributed by atoms with van der Waals surface area (Å²) in [6.45, 7) is 5.48. The van der Waals surface area contributed by atoms with E-state index in [9.17, 15) is 18.4 Å². The highest BCUT2D eigenvalue weighted by Gasteiger charge is 2.34. The van der Waals surface area contributed by atoms with Gasteiger partial charge in [-0.05, 0) is 24.6 Å². The van der Waals surface area contributed by atoms with Crippen molar-refractivity contribution in [2.75, 3.05) is 11.9 Å². The number of carbonyl (C=O) groups excluding carboxylic acids is 2. The lowest BCUT2D eigenvalue weighted by Crippen LogP contribution is -2.27. The maximum absolute atomic E-state index is 13.0. The number of pyridine rings is 2. The van der Waals surface area contributed by atoms with Crippen LogP contribution < -0.4 is 10.1 Å². The molecule has 7 nitrogen and oxygen atoms in total. The molecule has 0 radical (unpaired) electrons. The van der Waals surface area contributed by atoms with E-state index in [1.54, 1.807) is 37.8 Å². The van der Waals surface area contributed by atoms with Gasteiger partial charge >= 0.3 is 0 Å². The first-order valence-corrected chi connectivity index (χ1v) is 10.1. The van der Waals surface area contributed by atoms with Crippen LogP contribution in [-0.4, -0.2) is 39.2 Å². The Morgan fingerprint density at radius 2 is 2.06 bits per heavy atom. The molecule has 2 aromatic rings. The zero-order valence-corrected chi connectivity index (χ0v) is 18.3. The fraction of sp³-hybridized carbons (Fsp3) is 0.429. The van der Waals surface area contributed by atoms with Crippen LogP contribution in [0.5, 0.6) is 5.88 Å². The van der Waals surface area contributed by atoms with Crippen LogP contribution in [0.3, 0.4) is 0 Å². The highest BCUT2D eigenvalue weighted by atomic mass is 35.5. The van der Waals surface area contributed by atoms with Gasteiger partial charge in [0.2, 0.25) is 11.8 Å². The fourth-order valence-electron chi connectivity index (χ4n) is 3.08. The lowest BCUT2D eigenvalue weighted by Gasteiger charge is -2.25. The zero-order valence-electron chi connectivity index (χ0n) is 17.6. The van der Waals surface area contributed by atoms with Crippen LogP contribution in [0.25, 0.3) is 0 Å². The highest BCUT2D eigenvalue weighted by molar-refractivity contribution is 6.31. The summed E-state index contributed by atoms with van der Waals surface area (Å²) in [5.41, 5.74) is 1.71. The van der Waals surface area contributed by atoms with Crippen LogP contribution >= 0.6 is 11.6 Å². The fourth-order valence-corrected chi connectivity index (χ4v) is 3.31. The van der Waals surface area contributed by atoms with Gasteiger partial charge in [-0.15, -0.1) is 0 Å². The van der Waals surface area contributed by atoms with Gasteiger partial charge < -0.3 is 15.0 Å². The number of amides is 2. The maximum Gasteiger partial charge on any atom is 0.278 e. The normalized spacial score (nSPS) is 14.6. The highest BCUT2D eigenvalue weighted by Crippen LogP contribution is 2.35. The quantitative estimate of drug-likeness (QED) is 0.669. The summed E-state index contributed by atoms with van der Waals surface area (Å²) in [7, 11) is 0. The molecule has 0 aromatic carbocycles. The molecule has 1 unspecified atom stereocenters. The van der Waals surface area contributed by atoms with E-state index in [2.05, 4.69) is 15.3 Å². The first-order chi connectivity index (χ1) is 14.5. The second-order valence-corrected chi connectivity index (χ2v) is 8.26. The van der Waals surface area contributed by atoms with E-state index in [0.29, 0.717) is 22.5 Å². The van der Waals surface area contributed by atoms with Gasteiger partial charge in [0.15, 0.2) is 6.61 Å². The smallest absolute Gasteiger partial charge is 0.278 e. The number of anilines is 1. The molecule has 31 heavy (non-hydrogen) atoms. The van der Waals surface area contributed by atoms with Gasteiger partial charge in [0.1, 0.15) is 10.8 Å². The number of nitrogens with one attached hydrogen (secondary N) is 1. The predicted octanol–water partition coefficient (Wildman–Crippen LogP) is 4.48. The molecule has 1 atom stereocenters. The van der Waals surface area contributed by atoms with Crippen LogP contribution in [0.15, 0.2) is 24.5 Å². The average molecular weight is 453 g/mol. The number of halogens is 3. The van der Waals surface area contributed by atoms with Crippen LogP contribution in [0.4, 0.5) is 14.6 Å². The van der Waals surface area contributed by atoms with E-state index in [4.69, 9.17) is 16.3 Å². The molecule has 3 heterocycles. The Morgan fingerprint density at radius 1 is 1.35 bits per heavy atom. The van der Waals surface area contributed by atoms with E-state index in [0.717, 1.165) is 6.92 Å². The van der Waals surface area contributed by atoms with E-state index in [1.807, 2.05) is 0 Å². The van der Waals surface area contributed by atoms with Crippen LogP contribution in [0.2, 0.25) is 5.02 Å². The Hall–Kier alpha value is -2.81. The van der Waals surface area contributed by atoms with Crippen molar-refractivity contribution in [2.45, 2.75) is 46.2 Å². The van der Waals surface area contributed by atoms with Gasteiger partial charge in [0.25, 0.3) is 11.8 Å². The monoisotopic (exact) mass is 452 g/mol. The standard InChI is InChI=1S/C21H23ClF2N4O3/c1-11(2)18(29)27-17-15-9-28(20(30)14(15)5-6-25-17)12(3)13-7-16(22)19(26-8-13)31-10-21(4,23)24/h5-8,11-12H,9-10H2,1-4H3,(H,25,27,29). The van der Waals surface area contributed by atoms with Crippen LogP contribution in [0, 0.1) is 5.92 Å². The van der Waals surface area contributed by atoms with E-state index < -0.39 is 18.6 Å². The lowest BCUT2D eigenvalue weighted by atomic mass is 10.1. The average Bonchev–Trinajstić information content (AvgIpc) is 3.03. The molecule has 3 rings (SSSR count). The molecule has 0 fully saturated rings. The molecule has 0 saturated heterocycles. The molecular weight excluding hydrogens is 430 g/mol. The molecule has 0 aliphatic carbocycles. The number of hydrogen-bond acceptors (Lipinski definition) is 5. The number of aromatic nitrogens is 2. The number of ether oxygens (including phenoxy) is 1. The number of carbonyl (C=O) groups is 2. The Kier molecular flexibility index (Phi) is 6.45.